The summed E-state index contributed by atoms with van der Waals surface area (Å²) in [6.45, 7) is 14.1. The van der Waals surface area contributed by atoms with Crippen LogP contribution in [0.4, 0.5) is 0 Å². The molecular formula is C54H82. The Morgan fingerprint density at radius 1 is 0.296 bits per heavy atom. The van der Waals surface area contributed by atoms with Gasteiger partial charge in [-0.1, -0.05) is 229 Å². The standard InChI is InChI=1S/C54H82/c1-7-11-15-19-23-27-35-53(36-28-24-20-16-12-8-2)49-39-43(5)31-33-45(49)47-42-52-48(41-51(47)53)46-34-32-44(6)40-50(46)54(52,37-29-25-21-17-13-9-3)38-30-26-22-18-14-10-4/h31-34,39-42H,7-30,35-38H2,1-6H3. The Morgan fingerprint density at radius 2 is 0.556 bits per heavy atom. The maximum Gasteiger partial charge on any atom is 0.0215 e. The fourth-order valence-electron chi connectivity index (χ4n) is 10.9. The Bertz CT molecular complexity index is 1400. The Balaban J connectivity index is 1.59. The molecule has 2 aliphatic rings. The second kappa shape index (κ2) is 21.8. The average Bonchev–Trinajstić information content (AvgIpc) is 3.58. The number of rotatable bonds is 28. The van der Waals surface area contributed by atoms with E-state index in [1.165, 1.54) is 191 Å². The van der Waals surface area contributed by atoms with E-state index in [9.17, 15) is 0 Å². The molecule has 0 fully saturated rings. The molecular weight excluding hydrogens is 649 g/mol. The molecule has 2 aliphatic carbocycles. The smallest absolute Gasteiger partial charge is 0.0215 e. The van der Waals surface area contributed by atoms with Gasteiger partial charge in [0.15, 0.2) is 0 Å². The first-order valence-electron chi connectivity index (χ1n) is 23.9. The van der Waals surface area contributed by atoms with Crippen molar-refractivity contribution in [2.75, 3.05) is 0 Å². The predicted molar refractivity (Wildman–Crippen MR) is 240 cm³/mol. The summed E-state index contributed by atoms with van der Waals surface area (Å²) < 4.78 is 0. The molecule has 0 heterocycles. The average molecular weight is 731 g/mol. The fourth-order valence-corrected chi connectivity index (χ4v) is 10.9. The van der Waals surface area contributed by atoms with E-state index in [4.69, 9.17) is 0 Å². The highest BCUT2D eigenvalue weighted by Crippen LogP contribution is 2.61. The lowest BCUT2D eigenvalue weighted by Gasteiger charge is -2.35. The van der Waals surface area contributed by atoms with Crippen molar-refractivity contribution in [3.05, 3.63) is 81.9 Å². The van der Waals surface area contributed by atoms with Gasteiger partial charge in [0, 0.05) is 10.8 Å². The van der Waals surface area contributed by atoms with Gasteiger partial charge in [-0.3, -0.25) is 0 Å². The molecule has 0 aliphatic heterocycles. The zero-order chi connectivity index (χ0) is 38.2. The van der Waals surface area contributed by atoms with Gasteiger partial charge in [0.1, 0.15) is 0 Å². The lowest BCUT2D eigenvalue weighted by atomic mass is 9.68. The summed E-state index contributed by atoms with van der Waals surface area (Å²) in [5.41, 5.74) is 16.2. The predicted octanol–water partition coefficient (Wildman–Crippen LogP) is 17.8. The number of hydrogen-bond donors (Lipinski definition) is 0. The van der Waals surface area contributed by atoms with Gasteiger partial charge in [-0.05, 0) is 96.2 Å². The van der Waals surface area contributed by atoms with Crippen LogP contribution in [0.15, 0.2) is 48.5 Å². The molecule has 0 saturated carbocycles. The summed E-state index contributed by atoms with van der Waals surface area (Å²) in [6, 6.07) is 20.8. The van der Waals surface area contributed by atoms with Crippen molar-refractivity contribution in [1.82, 2.24) is 0 Å². The third-order valence-electron chi connectivity index (χ3n) is 14.0. The molecule has 0 atom stereocenters. The minimum absolute atomic E-state index is 0.135. The molecule has 0 saturated heterocycles. The van der Waals surface area contributed by atoms with Crippen LogP contribution in [0.2, 0.25) is 0 Å². The van der Waals surface area contributed by atoms with Gasteiger partial charge in [0.25, 0.3) is 0 Å². The Hall–Kier alpha value is -2.34. The summed E-state index contributed by atoms with van der Waals surface area (Å²) in [5, 5.41) is 0. The van der Waals surface area contributed by atoms with Crippen molar-refractivity contribution in [1.29, 1.82) is 0 Å². The quantitative estimate of drug-likeness (QED) is 0.0653. The third kappa shape index (κ3) is 10.1. The molecule has 0 aromatic heterocycles. The number of aryl methyl sites for hydroxylation is 2. The first-order chi connectivity index (χ1) is 26.5. The molecule has 0 amide bonds. The van der Waals surface area contributed by atoms with Crippen LogP contribution >= 0.6 is 0 Å². The highest BCUT2D eigenvalue weighted by Gasteiger charge is 2.47. The lowest BCUT2D eigenvalue weighted by Crippen LogP contribution is -2.27. The first-order valence-corrected chi connectivity index (χ1v) is 23.9. The van der Waals surface area contributed by atoms with Crippen LogP contribution in [-0.2, 0) is 10.8 Å². The maximum atomic E-state index is 2.81. The van der Waals surface area contributed by atoms with E-state index in [0.29, 0.717) is 0 Å². The van der Waals surface area contributed by atoms with Crippen LogP contribution in [0.25, 0.3) is 22.3 Å². The van der Waals surface area contributed by atoms with Gasteiger partial charge in [-0.25, -0.2) is 0 Å². The van der Waals surface area contributed by atoms with E-state index in [1.54, 1.807) is 44.5 Å². The fraction of sp³-hybridized carbons (Fsp3) is 0.667. The van der Waals surface area contributed by atoms with Crippen LogP contribution < -0.4 is 0 Å². The van der Waals surface area contributed by atoms with Gasteiger partial charge in [0.05, 0.1) is 0 Å². The molecule has 3 aromatic carbocycles. The van der Waals surface area contributed by atoms with Crippen LogP contribution in [0.1, 0.15) is 241 Å². The molecule has 3 aromatic rings. The SMILES string of the molecule is CCCCCCCCC1(CCCCCCCC)c2cc(C)ccc2-c2cc3c(cc21)-c1ccc(C)cc1C3(CCCCCCCC)CCCCCCCC. The van der Waals surface area contributed by atoms with Crippen molar-refractivity contribution >= 4 is 0 Å². The zero-order valence-corrected chi connectivity index (χ0v) is 36.4. The van der Waals surface area contributed by atoms with Crippen molar-refractivity contribution in [3.63, 3.8) is 0 Å². The number of unbranched alkanes of at least 4 members (excludes halogenated alkanes) is 20. The topological polar surface area (TPSA) is 0 Å². The van der Waals surface area contributed by atoms with Crippen LogP contribution in [0, 0.1) is 13.8 Å². The molecule has 0 spiro atoms. The minimum Gasteiger partial charge on any atom is -0.0654 e. The van der Waals surface area contributed by atoms with Crippen molar-refractivity contribution < 1.29 is 0 Å². The summed E-state index contributed by atoms with van der Waals surface area (Å²) in [7, 11) is 0. The summed E-state index contributed by atoms with van der Waals surface area (Å²) in [5.74, 6) is 0. The van der Waals surface area contributed by atoms with Gasteiger partial charge in [-0.15, -0.1) is 0 Å². The molecule has 5 rings (SSSR count). The van der Waals surface area contributed by atoms with Gasteiger partial charge >= 0.3 is 0 Å². The molecule has 0 N–H and O–H groups in total. The van der Waals surface area contributed by atoms with E-state index in [1.807, 2.05) is 0 Å². The highest BCUT2D eigenvalue weighted by atomic mass is 14.5. The maximum absolute atomic E-state index is 2.81. The van der Waals surface area contributed by atoms with Gasteiger partial charge < -0.3 is 0 Å². The first kappa shape index (κ1) is 42.8. The number of fused-ring (bicyclic) bond motifs is 6. The number of hydrogen-bond acceptors (Lipinski definition) is 0. The molecule has 0 nitrogen and oxygen atoms in total. The summed E-state index contributed by atoms with van der Waals surface area (Å²) in [6.07, 6.45) is 38.1. The molecule has 0 unspecified atom stereocenters. The Morgan fingerprint density at radius 3 is 0.852 bits per heavy atom. The van der Waals surface area contributed by atoms with E-state index in [2.05, 4.69) is 90.1 Å². The van der Waals surface area contributed by atoms with Crippen LogP contribution in [0.3, 0.4) is 0 Å². The normalized spacial score (nSPS) is 14.6. The van der Waals surface area contributed by atoms with E-state index in [0.717, 1.165) is 0 Å². The Kier molecular flexibility index (Phi) is 17.3. The largest absolute Gasteiger partial charge is 0.0654 e. The molecule has 0 bridgehead atoms. The van der Waals surface area contributed by atoms with E-state index in [-0.39, 0.29) is 10.8 Å². The molecule has 0 heteroatoms. The van der Waals surface area contributed by atoms with Gasteiger partial charge in [-0.2, -0.15) is 0 Å². The zero-order valence-electron chi connectivity index (χ0n) is 36.4. The van der Waals surface area contributed by atoms with Crippen LogP contribution in [0.5, 0.6) is 0 Å². The van der Waals surface area contributed by atoms with Crippen molar-refractivity contribution in [2.24, 2.45) is 0 Å². The second-order valence-electron chi connectivity index (χ2n) is 18.3. The summed E-state index contributed by atoms with van der Waals surface area (Å²) >= 11 is 0. The second-order valence-corrected chi connectivity index (χ2v) is 18.3. The van der Waals surface area contributed by atoms with Crippen LogP contribution in [-0.4, -0.2) is 0 Å². The summed E-state index contributed by atoms with van der Waals surface area (Å²) in [4.78, 5) is 0. The monoisotopic (exact) mass is 731 g/mol. The van der Waals surface area contributed by atoms with Crippen molar-refractivity contribution in [3.8, 4) is 22.3 Å². The third-order valence-corrected chi connectivity index (χ3v) is 14.0. The lowest BCUT2D eigenvalue weighted by molar-refractivity contribution is 0.394. The number of benzene rings is 3. The molecule has 0 radical (unpaired) electrons. The van der Waals surface area contributed by atoms with E-state index < -0.39 is 0 Å². The van der Waals surface area contributed by atoms with Crippen molar-refractivity contribution in [2.45, 2.75) is 232 Å². The Labute approximate surface area is 335 Å². The highest BCUT2D eigenvalue weighted by molar-refractivity contribution is 5.90. The molecule has 54 heavy (non-hydrogen) atoms. The van der Waals surface area contributed by atoms with Gasteiger partial charge in [0.2, 0.25) is 0 Å². The van der Waals surface area contributed by atoms with E-state index >= 15 is 0 Å². The molecule has 298 valence electrons. The minimum atomic E-state index is 0.135.